The van der Waals surface area contributed by atoms with Gasteiger partial charge in [-0.2, -0.15) is 4.39 Å². The largest absolute Gasteiger partial charge is 0.367 e. The zero-order chi connectivity index (χ0) is 12.1. The molecule has 3 aliphatic heterocycles. The van der Waals surface area contributed by atoms with Gasteiger partial charge in [0.05, 0.1) is 16.8 Å². The lowest BCUT2D eigenvalue weighted by molar-refractivity contribution is -0.210. The van der Waals surface area contributed by atoms with Gasteiger partial charge in [-0.25, -0.2) is 8.78 Å². The minimum atomic E-state index is -2.94. The summed E-state index contributed by atoms with van der Waals surface area (Å²) in [6, 6.07) is 0. The first-order chi connectivity index (χ1) is 8.04. The predicted octanol–water partition coefficient (Wildman–Crippen LogP) is 2.32. The first-order valence-corrected chi connectivity index (χ1v) is 6.68. The molecule has 3 aliphatic rings. The summed E-state index contributed by atoms with van der Waals surface area (Å²) in [5.41, 5.74) is -0.577. The van der Waals surface area contributed by atoms with E-state index in [9.17, 15) is 13.2 Å². The van der Waals surface area contributed by atoms with Gasteiger partial charge in [0.2, 0.25) is 0 Å². The van der Waals surface area contributed by atoms with Crippen molar-refractivity contribution in [1.29, 1.82) is 0 Å². The van der Waals surface area contributed by atoms with E-state index < -0.39 is 34.5 Å². The van der Waals surface area contributed by atoms with Crippen molar-refractivity contribution in [3.8, 4) is 0 Å². The fraction of sp³-hybridized carbons (Fsp3) is 0.818. The molecule has 2 nitrogen and oxygen atoms in total. The zero-order valence-corrected chi connectivity index (χ0v) is 10.0. The highest BCUT2D eigenvalue weighted by atomic mass is 32.2. The maximum Gasteiger partial charge on any atom is 0.278 e. The van der Waals surface area contributed by atoms with Gasteiger partial charge in [0, 0.05) is 0 Å². The lowest BCUT2D eigenvalue weighted by Crippen LogP contribution is -2.60. The molecule has 1 N–H and O–H groups in total. The summed E-state index contributed by atoms with van der Waals surface area (Å²) in [4.78, 5) is 0. The van der Waals surface area contributed by atoms with Crippen molar-refractivity contribution in [2.45, 2.75) is 29.6 Å². The topological polar surface area (TPSA) is 21.3 Å². The molecule has 0 aromatic carbocycles. The van der Waals surface area contributed by atoms with Crippen molar-refractivity contribution in [3.63, 3.8) is 0 Å². The molecule has 2 atom stereocenters. The van der Waals surface area contributed by atoms with Crippen LogP contribution in [-0.4, -0.2) is 36.5 Å². The molecule has 0 radical (unpaired) electrons. The van der Waals surface area contributed by atoms with Crippen molar-refractivity contribution in [3.05, 3.63) is 11.2 Å². The second-order valence-corrected chi connectivity index (χ2v) is 6.03. The Kier molecular flexibility index (Phi) is 2.72. The number of nitrogens with one attached hydrogen (secondary N) is 1. The van der Waals surface area contributed by atoms with Crippen molar-refractivity contribution in [2.24, 2.45) is 5.92 Å². The van der Waals surface area contributed by atoms with E-state index in [2.05, 4.69) is 5.32 Å². The van der Waals surface area contributed by atoms with Gasteiger partial charge in [0.25, 0.3) is 5.92 Å². The first-order valence-electron chi connectivity index (χ1n) is 5.80. The first kappa shape index (κ1) is 11.9. The molecule has 3 heterocycles. The summed E-state index contributed by atoms with van der Waals surface area (Å²) in [5, 5.41) is 2.22. The molecular formula is C11H14F3NOS. The van der Waals surface area contributed by atoms with Crippen LogP contribution in [0.25, 0.3) is 0 Å². The molecule has 1 spiro atoms. The second kappa shape index (κ2) is 3.90. The van der Waals surface area contributed by atoms with Crippen LogP contribution in [0.4, 0.5) is 13.2 Å². The number of halogens is 3. The van der Waals surface area contributed by atoms with Gasteiger partial charge in [0.15, 0.2) is 5.16 Å². The van der Waals surface area contributed by atoms with Crippen LogP contribution in [0.1, 0.15) is 12.8 Å². The van der Waals surface area contributed by atoms with Crippen LogP contribution >= 0.6 is 11.8 Å². The summed E-state index contributed by atoms with van der Waals surface area (Å²) in [5.74, 6) is -3.96. The number of allylic oxidation sites excluding steroid dienone is 1. The van der Waals surface area contributed by atoms with Crippen molar-refractivity contribution >= 4 is 11.8 Å². The van der Waals surface area contributed by atoms with Crippen molar-refractivity contribution in [2.75, 3.05) is 19.7 Å². The Labute approximate surface area is 102 Å². The Morgan fingerprint density at radius 2 is 2.06 bits per heavy atom. The summed E-state index contributed by atoms with van der Waals surface area (Å²) >= 11 is 0.919. The fourth-order valence-electron chi connectivity index (χ4n) is 2.94. The Morgan fingerprint density at radius 1 is 1.35 bits per heavy atom. The molecule has 6 heteroatoms. The molecule has 2 fully saturated rings. The number of thioether (sulfide) groups is 1. The van der Waals surface area contributed by atoms with Gasteiger partial charge in [-0.3, -0.25) is 0 Å². The number of fused-ring (bicyclic) bond motifs is 2. The van der Waals surface area contributed by atoms with Gasteiger partial charge in [-0.1, -0.05) is 11.8 Å². The molecule has 0 aromatic rings. The number of rotatable bonds is 0. The molecule has 0 bridgehead atoms. The fourth-order valence-corrected chi connectivity index (χ4v) is 4.35. The molecule has 0 aliphatic carbocycles. The van der Waals surface area contributed by atoms with Crippen molar-refractivity contribution < 1.29 is 17.9 Å². The van der Waals surface area contributed by atoms with Crippen LogP contribution in [-0.2, 0) is 4.74 Å². The standard InChI is InChI=1S/C11H14F3NOS/c12-8-5-7-9(17-8)10(1-3-15-4-2-10)16-6-11(7,13)14/h5,7,9,15H,1-4,6H2. The van der Waals surface area contributed by atoms with Crippen LogP contribution in [0.2, 0.25) is 0 Å². The SMILES string of the molecule is FC1=CC2C(S1)C1(CCNCC1)OCC2(F)F. The van der Waals surface area contributed by atoms with Crippen LogP contribution < -0.4 is 5.32 Å². The van der Waals surface area contributed by atoms with Crippen LogP contribution in [0.5, 0.6) is 0 Å². The highest BCUT2D eigenvalue weighted by Crippen LogP contribution is 2.55. The Bertz CT molecular complexity index is 355. The molecule has 17 heavy (non-hydrogen) atoms. The predicted molar refractivity (Wildman–Crippen MR) is 59.8 cm³/mol. The molecule has 0 saturated carbocycles. The third-order valence-electron chi connectivity index (χ3n) is 3.88. The van der Waals surface area contributed by atoms with Gasteiger partial charge >= 0.3 is 0 Å². The molecule has 96 valence electrons. The minimum absolute atomic E-state index is 0.478. The maximum atomic E-state index is 13.7. The number of ether oxygens (including phenoxy) is 1. The van der Waals surface area contributed by atoms with Gasteiger partial charge in [0.1, 0.15) is 6.61 Å². The van der Waals surface area contributed by atoms with Gasteiger partial charge in [-0.15, -0.1) is 0 Å². The van der Waals surface area contributed by atoms with E-state index in [1.54, 1.807) is 0 Å². The van der Waals surface area contributed by atoms with E-state index in [0.717, 1.165) is 30.9 Å². The van der Waals surface area contributed by atoms with Gasteiger partial charge < -0.3 is 10.1 Å². The van der Waals surface area contributed by atoms with E-state index in [1.165, 1.54) is 0 Å². The van der Waals surface area contributed by atoms with E-state index in [0.29, 0.717) is 12.8 Å². The highest BCUT2D eigenvalue weighted by molar-refractivity contribution is 8.03. The zero-order valence-electron chi connectivity index (χ0n) is 9.22. The summed E-state index contributed by atoms with van der Waals surface area (Å²) < 4.78 is 46.2. The minimum Gasteiger partial charge on any atom is -0.367 e. The summed E-state index contributed by atoms with van der Waals surface area (Å²) in [6.45, 7) is 0.909. The summed E-state index contributed by atoms with van der Waals surface area (Å²) in [6.07, 6.45) is 2.44. The Morgan fingerprint density at radius 3 is 2.76 bits per heavy atom. The molecule has 3 rings (SSSR count). The lowest BCUT2D eigenvalue weighted by Gasteiger charge is -2.49. The monoisotopic (exact) mass is 265 g/mol. The lowest BCUT2D eigenvalue weighted by atomic mass is 9.78. The van der Waals surface area contributed by atoms with Crippen molar-refractivity contribution in [1.82, 2.24) is 5.32 Å². The average Bonchev–Trinajstić information content (AvgIpc) is 2.71. The number of hydrogen-bond acceptors (Lipinski definition) is 3. The second-order valence-electron chi connectivity index (χ2n) is 4.90. The third-order valence-corrected chi connectivity index (χ3v) is 5.22. The number of hydrogen-bond donors (Lipinski definition) is 1. The van der Waals surface area contributed by atoms with E-state index >= 15 is 0 Å². The van der Waals surface area contributed by atoms with E-state index in [1.807, 2.05) is 0 Å². The summed E-state index contributed by atoms with van der Waals surface area (Å²) in [7, 11) is 0. The average molecular weight is 265 g/mol. The normalized spacial score (nSPS) is 38.9. The van der Waals surface area contributed by atoms with Crippen LogP contribution in [0, 0.1) is 5.92 Å². The smallest absolute Gasteiger partial charge is 0.278 e. The van der Waals surface area contributed by atoms with E-state index in [4.69, 9.17) is 4.74 Å². The number of piperidine rings is 1. The molecule has 0 amide bonds. The Hall–Kier alpha value is -0.200. The maximum absolute atomic E-state index is 13.7. The molecular weight excluding hydrogens is 251 g/mol. The van der Waals surface area contributed by atoms with Crippen LogP contribution in [0.3, 0.4) is 0 Å². The third kappa shape index (κ3) is 1.81. The quantitative estimate of drug-likeness (QED) is 0.726. The van der Waals surface area contributed by atoms with Gasteiger partial charge in [-0.05, 0) is 32.0 Å². The molecule has 0 aromatic heterocycles. The highest BCUT2D eigenvalue weighted by Gasteiger charge is 2.60. The van der Waals surface area contributed by atoms with E-state index in [-0.39, 0.29) is 0 Å². The molecule has 2 saturated heterocycles. The molecule has 2 unspecified atom stereocenters. The Balaban J connectivity index is 1.91. The number of alkyl halides is 2. The van der Waals surface area contributed by atoms with Crippen LogP contribution in [0.15, 0.2) is 11.2 Å².